The molecule has 5 heteroatoms. The lowest BCUT2D eigenvalue weighted by Gasteiger charge is -2.39. The summed E-state index contributed by atoms with van der Waals surface area (Å²) in [6.07, 6.45) is 3.66. The third-order valence-electron chi connectivity index (χ3n) is 4.60. The van der Waals surface area contributed by atoms with Gasteiger partial charge in [-0.05, 0) is 31.0 Å². The predicted molar refractivity (Wildman–Crippen MR) is 95.7 cm³/mol. The van der Waals surface area contributed by atoms with Crippen LogP contribution in [0.3, 0.4) is 0 Å². The number of benzene rings is 1. The van der Waals surface area contributed by atoms with E-state index < -0.39 is 6.04 Å². The van der Waals surface area contributed by atoms with E-state index >= 15 is 0 Å². The van der Waals surface area contributed by atoms with Crippen LogP contribution in [-0.4, -0.2) is 45.7 Å². The summed E-state index contributed by atoms with van der Waals surface area (Å²) in [6.45, 7) is 5.58. The van der Waals surface area contributed by atoms with E-state index in [2.05, 4.69) is 11.1 Å². The van der Waals surface area contributed by atoms with Gasteiger partial charge in [0, 0.05) is 32.0 Å². The molecule has 130 valence electrons. The van der Waals surface area contributed by atoms with Gasteiger partial charge < -0.3 is 9.80 Å². The molecule has 5 nitrogen and oxygen atoms in total. The molecule has 25 heavy (non-hydrogen) atoms. The molecular formula is C20H23N3O2. The van der Waals surface area contributed by atoms with Crippen molar-refractivity contribution in [3.8, 4) is 0 Å². The first kappa shape index (κ1) is 17.1. The van der Waals surface area contributed by atoms with Gasteiger partial charge in [0.05, 0.1) is 6.42 Å². The van der Waals surface area contributed by atoms with Crippen LogP contribution in [0.4, 0.5) is 0 Å². The predicted octanol–water partition coefficient (Wildman–Crippen LogP) is 2.19. The van der Waals surface area contributed by atoms with Crippen LogP contribution < -0.4 is 0 Å². The zero-order valence-electron chi connectivity index (χ0n) is 14.7. The molecule has 0 saturated carbocycles. The number of carbonyl (C=O) groups excluding carboxylic acids is 2. The number of amides is 2. The lowest BCUT2D eigenvalue weighted by atomic mass is 10.1. The summed E-state index contributed by atoms with van der Waals surface area (Å²) in [6, 6.07) is 11.4. The number of carbonyl (C=O) groups is 2. The topological polar surface area (TPSA) is 53.5 Å². The lowest BCUT2D eigenvalue weighted by molar-refractivity contribution is -0.150. The van der Waals surface area contributed by atoms with Gasteiger partial charge in [0.15, 0.2) is 0 Å². The molecule has 2 aromatic rings. The molecule has 3 rings (SSSR count). The van der Waals surface area contributed by atoms with Gasteiger partial charge in [-0.15, -0.1) is 0 Å². The molecule has 1 aromatic carbocycles. The summed E-state index contributed by atoms with van der Waals surface area (Å²) in [5.41, 5.74) is 3.17. The molecule has 1 fully saturated rings. The third kappa shape index (κ3) is 4.05. The summed E-state index contributed by atoms with van der Waals surface area (Å²) in [4.78, 5) is 32.8. The molecule has 0 bridgehead atoms. The number of hydrogen-bond acceptors (Lipinski definition) is 3. The smallest absolute Gasteiger partial charge is 0.245 e. The van der Waals surface area contributed by atoms with Crippen molar-refractivity contribution in [1.82, 2.24) is 14.8 Å². The molecule has 2 heterocycles. The van der Waals surface area contributed by atoms with E-state index in [4.69, 9.17) is 0 Å². The summed E-state index contributed by atoms with van der Waals surface area (Å²) in [7, 11) is 0. The third-order valence-corrected chi connectivity index (χ3v) is 4.60. The normalized spacial score (nSPS) is 17.7. The van der Waals surface area contributed by atoms with E-state index in [9.17, 15) is 9.59 Å². The number of rotatable bonds is 4. The van der Waals surface area contributed by atoms with Crippen molar-refractivity contribution in [2.75, 3.05) is 13.1 Å². The van der Waals surface area contributed by atoms with Crippen molar-refractivity contribution >= 4 is 11.8 Å². The summed E-state index contributed by atoms with van der Waals surface area (Å²) < 4.78 is 0. The zero-order valence-corrected chi connectivity index (χ0v) is 14.7. The maximum absolute atomic E-state index is 12.7. The standard InChI is InChI=1S/C20H23N3O2/c1-15-5-3-6-18(11-15)14-22-9-10-23(16(2)20(22)25)19(24)12-17-7-4-8-21-13-17/h3-8,11,13,16H,9-10,12,14H2,1-2H3. The molecule has 1 aliphatic rings. The van der Waals surface area contributed by atoms with Crippen LogP contribution in [0.2, 0.25) is 0 Å². The fourth-order valence-electron chi connectivity index (χ4n) is 3.24. The van der Waals surface area contributed by atoms with E-state index in [1.165, 1.54) is 5.56 Å². The molecule has 0 radical (unpaired) electrons. The second kappa shape index (κ2) is 7.47. The zero-order chi connectivity index (χ0) is 17.8. The Labute approximate surface area is 148 Å². The largest absolute Gasteiger partial charge is 0.335 e. The van der Waals surface area contributed by atoms with Crippen molar-refractivity contribution in [2.45, 2.75) is 32.9 Å². The minimum absolute atomic E-state index is 0.00675. The number of aromatic nitrogens is 1. The van der Waals surface area contributed by atoms with Crippen molar-refractivity contribution in [2.24, 2.45) is 0 Å². The second-order valence-corrected chi connectivity index (χ2v) is 6.55. The molecule has 1 aromatic heterocycles. The minimum Gasteiger partial charge on any atom is -0.335 e. The van der Waals surface area contributed by atoms with Crippen LogP contribution >= 0.6 is 0 Å². The summed E-state index contributed by atoms with van der Waals surface area (Å²) in [5.74, 6) is -0.0173. The van der Waals surface area contributed by atoms with Crippen LogP contribution in [0, 0.1) is 6.92 Å². The maximum atomic E-state index is 12.7. The Kier molecular flexibility index (Phi) is 5.12. The van der Waals surface area contributed by atoms with Gasteiger partial charge in [-0.25, -0.2) is 0 Å². The van der Waals surface area contributed by atoms with Crippen molar-refractivity contribution in [1.29, 1.82) is 0 Å². The number of hydrogen-bond donors (Lipinski definition) is 0. The Bertz CT molecular complexity index is 761. The van der Waals surface area contributed by atoms with Gasteiger partial charge in [0.25, 0.3) is 0 Å². The van der Waals surface area contributed by atoms with Gasteiger partial charge >= 0.3 is 0 Å². The lowest BCUT2D eigenvalue weighted by Crippen LogP contribution is -2.57. The van der Waals surface area contributed by atoms with E-state index in [1.54, 1.807) is 17.3 Å². The highest BCUT2D eigenvalue weighted by molar-refractivity contribution is 5.89. The molecule has 0 aliphatic carbocycles. The maximum Gasteiger partial charge on any atom is 0.245 e. The molecule has 1 unspecified atom stereocenters. The first-order valence-corrected chi connectivity index (χ1v) is 8.57. The molecule has 2 amide bonds. The minimum atomic E-state index is -0.428. The Morgan fingerprint density at radius 3 is 2.72 bits per heavy atom. The van der Waals surface area contributed by atoms with Crippen LogP contribution in [0.15, 0.2) is 48.8 Å². The van der Waals surface area contributed by atoms with Crippen molar-refractivity contribution in [3.63, 3.8) is 0 Å². The Hall–Kier alpha value is -2.69. The van der Waals surface area contributed by atoms with Crippen LogP contribution in [0.25, 0.3) is 0 Å². The fraction of sp³-hybridized carbons (Fsp3) is 0.350. The second-order valence-electron chi connectivity index (χ2n) is 6.55. The Morgan fingerprint density at radius 1 is 1.20 bits per heavy atom. The monoisotopic (exact) mass is 337 g/mol. The number of nitrogens with zero attached hydrogens (tertiary/aromatic N) is 3. The average molecular weight is 337 g/mol. The average Bonchev–Trinajstić information content (AvgIpc) is 2.60. The van der Waals surface area contributed by atoms with Crippen LogP contribution in [0.5, 0.6) is 0 Å². The molecule has 1 saturated heterocycles. The number of piperazine rings is 1. The molecule has 1 atom stereocenters. The van der Waals surface area contributed by atoms with Crippen LogP contribution in [-0.2, 0) is 22.6 Å². The Morgan fingerprint density at radius 2 is 2.00 bits per heavy atom. The molecular weight excluding hydrogens is 314 g/mol. The van der Waals surface area contributed by atoms with Gasteiger partial charge in [0.2, 0.25) is 11.8 Å². The van der Waals surface area contributed by atoms with Gasteiger partial charge in [-0.2, -0.15) is 0 Å². The highest BCUT2D eigenvalue weighted by Gasteiger charge is 2.34. The Balaban J connectivity index is 1.64. The van der Waals surface area contributed by atoms with E-state index in [-0.39, 0.29) is 18.2 Å². The molecule has 0 N–H and O–H groups in total. The SMILES string of the molecule is Cc1cccc(CN2CCN(C(=O)Cc3cccnc3)C(C)C2=O)c1. The van der Waals surface area contributed by atoms with Crippen LogP contribution in [0.1, 0.15) is 23.6 Å². The van der Waals surface area contributed by atoms with E-state index in [0.717, 1.165) is 11.1 Å². The fourth-order valence-corrected chi connectivity index (χ4v) is 3.24. The summed E-state index contributed by atoms with van der Waals surface area (Å²) in [5, 5.41) is 0. The quantitative estimate of drug-likeness (QED) is 0.859. The van der Waals surface area contributed by atoms with E-state index in [0.29, 0.717) is 19.6 Å². The molecule has 0 spiro atoms. The number of aryl methyl sites for hydroxylation is 1. The van der Waals surface area contributed by atoms with Gasteiger partial charge in [-0.3, -0.25) is 14.6 Å². The van der Waals surface area contributed by atoms with Gasteiger partial charge in [0.1, 0.15) is 6.04 Å². The van der Waals surface area contributed by atoms with Gasteiger partial charge in [-0.1, -0.05) is 35.9 Å². The summed E-state index contributed by atoms with van der Waals surface area (Å²) >= 11 is 0. The van der Waals surface area contributed by atoms with Crippen molar-refractivity contribution in [3.05, 3.63) is 65.5 Å². The first-order chi connectivity index (χ1) is 12.0. The van der Waals surface area contributed by atoms with Crippen molar-refractivity contribution < 1.29 is 9.59 Å². The molecule has 1 aliphatic heterocycles. The highest BCUT2D eigenvalue weighted by atomic mass is 16.2. The number of pyridine rings is 1. The highest BCUT2D eigenvalue weighted by Crippen LogP contribution is 2.16. The first-order valence-electron chi connectivity index (χ1n) is 8.57. The van der Waals surface area contributed by atoms with E-state index in [1.807, 2.05) is 49.1 Å².